The summed E-state index contributed by atoms with van der Waals surface area (Å²) in [5.41, 5.74) is 1.10. The van der Waals surface area contributed by atoms with Gasteiger partial charge in [0, 0.05) is 11.1 Å². The van der Waals surface area contributed by atoms with Crippen molar-refractivity contribution in [3.8, 4) is 12.1 Å². The number of benzene rings is 3. The summed E-state index contributed by atoms with van der Waals surface area (Å²) in [4.78, 5) is 25.8. The molecule has 0 radical (unpaired) electrons. The SMILES string of the molecule is CCOP(=O)(OCC)/C(C#N)=C(/C#N)c1ccc(NC(=O)c2ccccc2)c(NC(=O)c2ccccc2)c1. The van der Waals surface area contributed by atoms with Crippen molar-refractivity contribution in [3.05, 3.63) is 101 Å². The fourth-order valence-corrected chi connectivity index (χ4v) is 5.08. The molecule has 0 heterocycles. The van der Waals surface area contributed by atoms with Crippen molar-refractivity contribution in [3.63, 3.8) is 0 Å². The Morgan fingerprint density at radius 2 is 1.24 bits per heavy atom. The van der Waals surface area contributed by atoms with Gasteiger partial charge in [0.05, 0.1) is 30.2 Å². The van der Waals surface area contributed by atoms with Crippen molar-refractivity contribution in [2.24, 2.45) is 0 Å². The molecule has 0 aliphatic carbocycles. The zero-order valence-corrected chi connectivity index (χ0v) is 21.7. The number of nitrogens with one attached hydrogen (secondary N) is 2. The number of allylic oxidation sites excluding steroid dienone is 2. The van der Waals surface area contributed by atoms with E-state index in [1.165, 1.54) is 18.2 Å². The highest BCUT2D eigenvalue weighted by Gasteiger charge is 2.34. The molecule has 3 aromatic carbocycles. The lowest BCUT2D eigenvalue weighted by Gasteiger charge is -2.18. The van der Waals surface area contributed by atoms with E-state index in [0.29, 0.717) is 11.1 Å². The lowest BCUT2D eigenvalue weighted by molar-refractivity contribution is 0.101. The highest BCUT2D eigenvalue weighted by Crippen LogP contribution is 2.58. The first-order valence-corrected chi connectivity index (χ1v) is 13.2. The van der Waals surface area contributed by atoms with Gasteiger partial charge < -0.3 is 19.7 Å². The second kappa shape index (κ2) is 13.1. The van der Waals surface area contributed by atoms with Crippen LogP contribution in [0.5, 0.6) is 0 Å². The topological polar surface area (TPSA) is 141 Å². The van der Waals surface area contributed by atoms with Crippen LogP contribution in [0.25, 0.3) is 5.57 Å². The molecular formula is C28H25N4O5P. The third-order valence-electron chi connectivity index (χ3n) is 5.20. The Balaban J connectivity index is 2.13. The van der Waals surface area contributed by atoms with Gasteiger partial charge in [0.25, 0.3) is 11.8 Å². The minimum Gasteiger partial charge on any atom is -0.320 e. The summed E-state index contributed by atoms with van der Waals surface area (Å²) in [6.45, 7) is 3.16. The Bertz CT molecular complexity index is 1460. The zero-order valence-electron chi connectivity index (χ0n) is 20.8. The minimum atomic E-state index is -4.09. The molecule has 0 unspecified atom stereocenters. The molecule has 0 aromatic heterocycles. The molecule has 38 heavy (non-hydrogen) atoms. The molecule has 3 rings (SSSR count). The average Bonchev–Trinajstić information content (AvgIpc) is 2.93. The predicted octanol–water partition coefficient (Wildman–Crippen LogP) is 6.22. The van der Waals surface area contributed by atoms with E-state index in [-0.39, 0.29) is 35.7 Å². The Kier molecular flexibility index (Phi) is 9.70. The largest absolute Gasteiger partial charge is 0.373 e. The minimum absolute atomic E-state index is 0.00992. The molecule has 0 bridgehead atoms. The molecule has 0 spiro atoms. The molecule has 10 heteroatoms. The first-order valence-electron chi connectivity index (χ1n) is 11.7. The van der Waals surface area contributed by atoms with Crippen LogP contribution in [0.15, 0.2) is 84.2 Å². The quantitative estimate of drug-likeness (QED) is 0.235. The molecule has 0 saturated heterocycles. The van der Waals surface area contributed by atoms with Crippen LogP contribution >= 0.6 is 7.60 Å². The summed E-state index contributed by atoms with van der Waals surface area (Å²) < 4.78 is 23.9. The van der Waals surface area contributed by atoms with E-state index in [4.69, 9.17) is 9.05 Å². The standard InChI is InChI=1S/C28H25N4O5P/c1-3-36-38(35,37-4-2)26(19-30)23(18-29)22-15-16-24(31-27(33)20-11-7-5-8-12-20)25(17-22)32-28(34)21-13-9-6-10-14-21/h5-17H,3-4H2,1-2H3,(H,31,33)(H,32,34)/b26-23-. The summed E-state index contributed by atoms with van der Waals surface area (Å²) in [5.74, 6) is -0.880. The number of nitrogens with zero attached hydrogens (tertiary/aromatic N) is 2. The van der Waals surface area contributed by atoms with Crippen LogP contribution < -0.4 is 10.6 Å². The van der Waals surface area contributed by atoms with E-state index in [9.17, 15) is 24.7 Å². The maximum absolute atomic E-state index is 13.3. The van der Waals surface area contributed by atoms with Crippen LogP contribution in [0.4, 0.5) is 11.4 Å². The van der Waals surface area contributed by atoms with Gasteiger partial charge in [-0.25, -0.2) is 0 Å². The predicted molar refractivity (Wildman–Crippen MR) is 144 cm³/mol. The van der Waals surface area contributed by atoms with E-state index in [1.807, 2.05) is 6.07 Å². The summed E-state index contributed by atoms with van der Waals surface area (Å²) >= 11 is 0. The molecule has 0 fully saturated rings. The van der Waals surface area contributed by atoms with Crippen molar-refractivity contribution < 1.29 is 23.2 Å². The second-order valence-electron chi connectivity index (χ2n) is 7.68. The Morgan fingerprint density at radius 3 is 1.68 bits per heavy atom. The van der Waals surface area contributed by atoms with Crippen molar-refractivity contribution >= 4 is 36.4 Å². The summed E-state index contributed by atoms with van der Waals surface area (Å²) in [7, 11) is -4.09. The van der Waals surface area contributed by atoms with E-state index >= 15 is 0 Å². The van der Waals surface area contributed by atoms with Crippen LogP contribution in [0.2, 0.25) is 0 Å². The Morgan fingerprint density at radius 1 is 0.737 bits per heavy atom. The maximum atomic E-state index is 13.3. The van der Waals surface area contributed by atoms with E-state index in [2.05, 4.69) is 10.6 Å². The first-order chi connectivity index (χ1) is 18.4. The summed E-state index contributed by atoms with van der Waals surface area (Å²) in [5, 5.41) is 24.8. The van der Waals surface area contributed by atoms with E-state index < -0.39 is 24.7 Å². The van der Waals surface area contributed by atoms with E-state index in [1.54, 1.807) is 80.6 Å². The highest BCUT2D eigenvalue weighted by atomic mass is 31.2. The van der Waals surface area contributed by atoms with Gasteiger partial charge in [0.15, 0.2) is 5.31 Å². The van der Waals surface area contributed by atoms with Gasteiger partial charge in [-0.3, -0.25) is 14.2 Å². The zero-order chi connectivity index (χ0) is 27.5. The number of carbonyl (C=O) groups is 2. The molecule has 3 aromatic rings. The van der Waals surface area contributed by atoms with Gasteiger partial charge in [-0.05, 0) is 55.8 Å². The molecule has 2 N–H and O–H groups in total. The third-order valence-corrected chi connectivity index (χ3v) is 7.27. The highest BCUT2D eigenvalue weighted by molar-refractivity contribution is 7.59. The maximum Gasteiger partial charge on any atom is 0.373 e. The van der Waals surface area contributed by atoms with Crippen molar-refractivity contribution in [2.45, 2.75) is 13.8 Å². The van der Waals surface area contributed by atoms with Crippen LogP contribution in [0, 0.1) is 22.7 Å². The van der Waals surface area contributed by atoms with Gasteiger partial charge in [0.1, 0.15) is 12.1 Å². The number of hydrogen-bond donors (Lipinski definition) is 2. The molecule has 0 atom stereocenters. The molecule has 0 saturated carbocycles. The number of amides is 2. The van der Waals surface area contributed by atoms with Crippen molar-refractivity contribution in [1.82, 2.24) is 0 Å². The monoisotopic (exact) mass is 528 g/mol. The van der Waals surface area contributed by atoms with Gasteiger partial charge >= 0.3 is 7.60 Å². The fraction of sp³-hybridized carbons (Fsp3) is 0.143. The number of rotatable bonds is 10. The van der Waals surface area contributed by atoms with Gasteiger partial charge in [0.2, 0.25) is 0 Å². The van der Waals surface area contributed by atoms with Crippen LogP contribution in [0.3, 0.4) is 0 Å². The van der Waals surface area contributed by atoms with Crippen LogP contribution in [-0.4, -0.2) is 25.0 Å². The molecule has 2 amide bonds. The summed E-state index contributed by atoms with van der Waals surface area (Å²) in [6, 6.07) is 25.0. The molecule has 9 nitrogen and oxygen atoms in total. The molecule has 0 aliphatic rings. The lowest BCUT2D eigenvalue weighted by Crippen LogP contribution is -2.17. The van der Waals surface area contributed by atoms with Crippen LogP contribution in [-0.2, 0) is 13.6 Å². The normalized spacial score (nSPS) is 11.5. The molecule has 192 valence electrons. The van der Waals surface area contributed by atoms with Gasteiger partial charge in [-0.15, -0.1) is 0 Å². The Labute approximate surface area is 220 Å². The van der Waals surface area contributed by atoms with Crippen LogP contribution in [0.1, 0.15) is 40.1 Å². The lowest BCUT2D eigenvalue weighted by atomic mass is 10.0. The number of anilines is 2. The number of hydrogen-bond acceptors (Lipinski definition) is 7. The van der Waals surface area contributed by atoms with E-state index in [0.717, 1.165) is 0 Å². The number of nitriles is 2. The van der Waals surface area contributed by atoms with Crippen molar-refractivity contribution in [2.75, 3.05) is 23.8 Å². The second-order valence-corrected chi connectivity index (χ2v) is 9.64. The van der Waals surface area contributed by atoms with Gasteiger partial charge in [-0.1, -0.05) is 42.5 Å². The third kappa shape index (κ3) is 6.61. The van der Waals surface area contributed by atoms with Gasteiger partial charge in [-0.2, -0.15) is 10.5 Å². The average molecular weight is 529 g/mol. The smallest absolute Gasteiger partial charge is 0.320 e. The molecule has 0 aliphatic heterocycles. The summed E-state index contributed by atoms with van der Waals surface area (Å²) in [6.07, 6.45) is 0. The molecular weight excluding hydrogens is 503 g/mol. The first kappa shape index (κ1) is 28.0. The number of carbonyl (C=O) groups excluding carboxylic acids is 2. The van der Waals surface area contributed by atoms with Crippen molar-refractivity contribution in [1.29, 1.82) is 10.5 Å². The Hall–Kier alpha value is -4.53. The fourth-order valence-electron chi connectivity index (χ4n) is 3.49.